The van der Waals surface area contributed by atoms with Gasteiger partial charge < -0.3 is 15.0 Å². The van der Waals surface area contributed by atoms with Gasteiger partial charge >= 0.3 is 0 Å². The first-order valence-electron chi connectivity index (χ1n) is 9.35. The summed E-state index contributed by atoms with van der Waals surface area (Å²) in [5, 5.41) is 14.2. The summed E-state index contributed by atoms with van der Waals surface area (Å²) < 4.78 is 29.8. The molecule has 1 amide bonds. The third-order valence-electron chi connectivity index (χ3n) is 4.82. The Balaban J connectivity index is 1.76. The van der Waals surface area contributed by atoms with Gasteiger partial charge in [-0.25, -0.2) is 13.1 Å². The van der Waals surface area contributed by atoms with Crippen LogP contribution in [0.4, 0.5) is 5.69 Å². The maximum absolute atomic E-state index is 12.7. The maximum atomic E-state index is 12.7. The highest BCUT2D eigenvalue weighted by atomic mass is 32.2. The fraction of sp³-hybridized carbons (Fsp3) is 0.286. The molecule has 3 rings (SSSR count). The van der Waals surface area contributed by atoms with Crippen LogP contribution in [0.3, 0.4) is 0 Å². The Morgan fingerprint density at radius 2 is 1.93 bits per heavy atom. The van der Waals surface area contributed by atoms with Crippen molar-refractivity contribution >= 4 is 32.5 Å². The third kappa shape index (κ3) is 4.50. The second-order valence-corrected chi connectivity index (χ2v) is 8.70. The van der Waals surface area contributed by atoms with Crippen LogP contribution in [0, 0.1) is 6.92 Å². The summed E-state index contributed by atoms with van der Waals surface area (Å²) in [4.78, 5) is 11.6. The zero-order valence-electron chi connectivity index (χ0n) is 16.6. The molecule has 1 heterocycles. The maximum Gasteiger partial charge on any atom is 0.240 e. The number of hydrogen-bond donors (Lipinski definition) is 3. The van der Waals surface area contributed by atoms with Crippen molar-refractivity contribution in [2.24, 2.45) is 7.05 Å². The molecule has 0 fully saturated rings. The number of hydrogen-bond acceptors (Lipinski definition) is 4. The topological polar surface area (TPSA) is 100 Å². The van der Waals surface area contributed by atoms with Crippen molar-refractivity contribution in [3.05, 3.63) is 59.8 Å². The Morgan fingerprint density at radius 1 is 1.21 bits per heavy atom. The van der Waals surface area contributed by atoms with E-state index in [0.29, 0.717) is 23.2 Å². The number of aromatic nitrogens is 1. The van der Waals surface area contributed by atoms with E-state index in [-0.39, 0.29) is 17.3 Å². The number of aryl methyl sites for hydroxylation is 2. The van der Waals surface area contributed by atoms with E-state index in [9.17, 15) is 18.3 Å². The standard InChI is InChI=1S/C21H25N3O4S/c1-4-21(26)23-15-9-10-20(14(2)11-15)29(27,28)22-12-19(25)17-13-24(3)18-8-6-5-7-16(17)18/h5-11,13,19,22,25H,4,12H2,1-3H3,(H,23,26). The van der Waals surface area contributed by atoms with Crippen molar-refractivity contribution in [2.45, 2.75) is 31.3 Å². The van der Waals surface area contributed by atoms with Crippen LogP contribution in [0.15, 0.2) is 53.6 Å². The molecule has 154 valence electrons. The number of nitrogens with zero attached hydrogens (tertiary/aromatic N) is 1. The molecular formula is C21H25N3O4S. The lowest BCUT2D eigenvalue weighted by molar-refractivity contribution is -0.115. The minimum absolute atomic E-state index is 0.108. The van der Waals surface area contributed by atoms with Gasteiger partial charge in [0.2, 0.25) is 15.9 Å². The molecular weight excluding hydrogens is 390 g/mol. The number of anilines is 1. The van der Waals surface area contributed by atoms with Crippen molar-refractivity contribution in [2.75, 3.05) is 11.9 Å². The molecule has 1 aromatic heterocycles. The molecule has 0 radical (unpaired) electrons. The van der Waals surface area contributed by atoms with Crippen LogP contribution >= 0.6 is 0 Å². The molecule has 0 spiro atoms. The van der Waals surface area contributed by atoms with Crippen LogP contribution in [0.5, 0.6) is 0 Å². The number of aliphatic hydroxyl groups excluding tert-OH is 1. The smallest absolute Gasteiger partial charge is 0.240 e. The van der Waals surface area contributed by atoms with Crippen molar-refractivity contribution in [1.29, 1.82) is 0 Å². The number of carbonyl (C=O) groups is 1. The average Bonchev–Trinajstić information content (AvgIpc) is 3.03. The van der Waals surface area contributed by atoms with E-state index in [1.165, 1.54) is 6.07 Å². The first-order valence-corrected chi connectivity index (χ1v) is 10.8. The molecule has 2 aromatic carbocycles. The predicted molar refractivity (Wildman–Crippen MR) is 113 cm³/mol. The summed E-state index contributed by atoms with van der Waals surface area (Å²) in [5.41, 5.74) is 2.68. The van der Waals surface area contributed by atoms with Crippen LogP contribution in [0.2, 0.25) is 0 Å². The minimum atomic E-state index is -3.82. The number of aliphatic hydroxyl groups is 1. The molecule has 0 aliphatic rings. The largest absolute Gasteiger partial charge is 0.387 e. The molecule has 0 bridgehead atoms. The number of para-hydroxylation sites is 1. The lowest BCUT2D eigenvalue weighted by atomic mass is 10.1. The van der Waals surface area contributed by atoms with E-state index >= 15 is 0 Å². The predicted octanol–water partition coefficient (Wildman–Crippen LogP) is 2.85. The SMILES string of the molecule is CCC(=O)Nc1ccc(S(=O)(=O)NCC(O)c2cn(C)c3ccccc23)c(C)c1. The summed E-state index contributed by atoms with van der Waals surface area (Å²) >= 11 is 0. The highest BCUT2D eigenvalue weighted by Crippen LogP contribution is 2.26. The summed E-state index contributed by atoms with van der Waals surface area (Å²) in [7, 11) is -1.94. The number of rotatable bonds is 7. The highest BCUT2D eigenvalue weighted by molar-refractivity contribution is 7.89. The Labute approximate surface area is 170 Å². The zero-order valence-corrected chi connectivity index (χ0v) is 17.5. The van der Waals surface area contributed by atoms with E-state index in [1.807, 2.05) is 35.9 Å². The Morgan fingerprint density at radius 3 is 2.62 bits per heavy atom. The second-order valence-electron chi connectivity index (χ2n) is 6.96. The molecule has 3 N–H and O–H groups in total. The monoisotopic (exact) mass is 415 g/mol. The van der Waals surface area contributed by atoms with Crippen molar-refractivity contribution in [1.82, 2.24) is 9.29 Å². The van der Waals surface area contributed by atoms with Gasteiger partial charge in [-0.2, -0.15) is 0 Å². The van der Waals surface area contributed by atoms with Gasteiger partial charge in [0.1, 0.15) is 0 Å². The zero-order chi connectivity index (χ0) is 21.2. The number of sulfonamides is 1. The fourth-order valence-corrected chi connectivity index (χ4v) is 4.56. The van der Waals surface area contributed by atoms with E-state index in [1.54, 1.807) is 32.2 Å². The molecule has 29 heavy (non-hydrogen) atoms. The van der Waals surface area contributed by atoms with E-state index in [4.69, 9.17) is 0 Å². The van der Waals surface area contributed by atoms with Gasteiger partial charge in [-0.05, 0) is 36.8 Å². The number of fused-ring (bicyclic) bond motifs is 1. The van der Waals surface area contributed by atoms with Crippen LogP contribution in [0.25, 0.3) is 10.9 Å². The average molecular weight is 416 g/mol. The van der Waals surface area contributed by atoms with Gasteiger partial charge in [-0.15, -0.1) is 0 Å². The molecule has 1 atom stereocenters. The van der Waals surface area contributed by atoms with Gasteiger partial charge in [-0.1, -0.05) is 25.1 Å². The van der Waals surface area contributed by atoms with E-state index in [2.05, 4.69) is 10.0 Å². The minimum Gasteiger partial charge on any atom is -0.387 e. The Hall–Kier alpha value is -2.68. The van der Waals surface area contributed by atoms with Crippen LogP contribution < -0.4 is 10.0 Å². The lowest BCUT2D eigenvalue weighted by Gasteiger charge is -2.14. The number of carbonyl (C=O) groups excluding carboxylic acids is 1. The quantitative estimate of drug-likeness (QED) is 0.552. The molecule has 7 nitrogen and oxygen atoms in total. The van der Waals surface area contributed by atoms with Crippen LogP contribution in [-0.4, -0.2) is 30.5 Å². The molecule has 0 aliphatic carbocycles. The molecule has 8 heteroatoms. The van der Waals surface area contributed by atoms with Crippen molar-refractivity contribution < 1.29 is 18.3 Å². The first-order chi connectivity index (χ1) is 13.7. The van der Waals surface area contributed by atoms with Gasteiger partial charge in [0.25, 0.3) is 0 Å². The van der Waals surface area contributed by atoms with Gasteiger partial charge in [0.05, 0.1) is 11.0 Å². The van der Waals surface area contributed by atoms with E-state index < -0.39 is 16.1 Å². The molecule has 3 aromatic rings. The highest BCUT2D eigenvalue weighted by Gasteiger charge is 2.21. The number of amides is 1. The third-order valence-corrected chi connectivity index (χ3v) is 6.41. The van der Waals surface area contributed by atoms with Gasteiger partial charge in [0, 0.05) is 48.4 Å². The van der Waals surface area contributed by atoms with Crippen LogP contribution in [0.1, 0.15) is 30.6 Å². The summed E-state index contributed by atoms with van der Waals surface area (Å²) in [5.74, 6) is -0.142. The summed E-state index contributed by atoms with van der Waals surface area (Å²) in [6.07, 6.45) is 1.16. The van der Waals surface area contributed by atoms with Gasteiger partial charge in [-0.3, -0.25) is 4.79 Å². The Bertz CT molecular complexity index is 1150. The Kier molecular flexibility index (Phi) is 6.07. The van der Waals surface area contributed by atoms with Crippen molar-refractivity contribution in [3.63, 3.8) is 0 Å². The van der Waals surface area contributed by atoms with Crippen molar-refractivity contribution in [3.8, 4) is 0 Å². The molecule has 1 unspecified atom stereocenters. The second kappa shape index (κ2) is 8.36. The number of nitrogens with one attached hydrogen (secondary N) is 2. The van der Waals surface area contributed by atoms with E-state index in [0.717, 1.165) is 10.9 Å². The summed E-state index contributed by atoms with van der Waals surface area (Å²) in [6.45, 7) is 3.26. The molecule has 0 saturated carbocycles. The van der Waals surface area contributed by atoms with Crippen LogP contribution in [-0.2, 0) is 21.9 Å². The normalized spacial score (nSPS) is 12.8. The summed E-state index contributed by atoms with van der Waals surface area (Å²) in [6, 6.07) is 12.3. The lowest BCUT2D eigenvalue weighted by Crippen LogP contribution is -2.29. The first kappa shape index (κ1) is 21.0. The fourth-order valence-electron chi connectivity index (χ4n) is 3.29. The molecule has 0 saturated heterocycles. The van der Waals surface area contributed by atoms with Gasteiger partial charge in [0.15, 0.2) is 0 Å². The number of benzene rings is 2. The molecule has 0 aliphatic heterocycles.